The van der Waals surface area contributed by atoms with Crippen molar-refractivity contribution in [2.75, 3.05) is 0 Å². The average molecular weight is 220 g/mol. The molecule has 1 saturated carbocycles. The van der Waals surface area contributed by atoms with Crippen LogP contribution < -0.4 is 0 Å². The Hall–Kier alpha value is 0.0649. The van der Waals surface area contributed by atoms with Crippen molar-refractivity contribution in [1.82, 2.24) is 0 Å². The summed E-state index contributed by atoms with van der Waals surface area (Å²) in [7, 11) is 6.30. The van der Waals surface area contributed by atoms with E-state index >= 15 is 0 Å². The molecule has 2 radical (unpaired) electrons. The first kappa shape index (κ1) is 14.1. The SMILES string of the molecule is [B]C1(C)CCCCC(C)(C(C)C)CCCC1. The van der Waals surface area contributed by atoms with E-state index in [4.69, 9.17) is 7.85 Å². The second kappa shape index (κ2) is 5.60. The second-order valence-corrected chi connectivity index (χ2v) is 6.88. The van der Waals surface area contributed by atoms with E-state index in [-0.39, 0.29) is 5.31 Å². The molecule has 0 atom stereocenters. The Morgan fingerprint density at radius 2 is 1.19 bits per heavy atom. The van der Waals surface area contributed by atoms with Crippen LogP contribution in [0.4, 0.5) is 0 Å². The molecule has 0 unspecified atom stereocenters. The smallest absolute Gasteiger partial charge is 0.0688 e. The van der Waals surface area contributed by atoms with Crippen LogP contribution in [0.25, 0.3) is 0 Å². The van der Waals surface area contributed by atoms with Crippen molar-refractivity contribution in [2.24, 2.45) is 11.3 Å². The minimum Gasteiger partial charge on any atom is -0.0688 e. The van der Waals surface area contributed by atoms with Gasteiger partial charge in [-0.15, -0.1) is 0 Å². The summed E-state index contributed by atoms with van der Waals surface area (Å²) >= 11 is 0. The van der Waals surface area contributed by atoms with Crippen molar-refractivity contribution in [3.8, 4) is 0 Å². The van der Waals surface area contributed by atoms with Gasteiger partial charge in [0.25, 0.3) is 0 Å². The fraction of sp³-hybridized carbons (Fsp3) is 1.00. The van der Waals surface area contributed by atoms with Gasteiger partial charge in [0.1, 0.15) is 0 Å². The Kier molecular flexibility index (Phi) is 4.95. The van der Waals surface area contributed by atoms with E-state index in [1.54, 1.807) is 0 Å². The molecule has 0 bridgehead atoms. The molecular weight excluding hydrogens is 191 g/mol. The molecule has 0 aromatic rings. The lowest BCUT2D eigenvalue weighted by atomic mass is 9.62. The summed E-state index contributed by atoms with van der Waals surface area (Å²) in [5.41, 5.74) is 0.572. The molecule has 92 valence electrons. The lowest BCUT2D eigenvalue weighted by molar-refractivity contribution is 0.163. The maximum atomic E-state index is 6.30. The summed E-state index contributed by atoms with van der Waals surface area (Å²) in [6.45, 7) is 9.49. The maximum absolute atomic E-state index is 6.30. The summed E-state index contributed by atoms with van der Waals surface area (Å²) in [6.07, 6.45) is 10.6. The molecule has 0 N–H and O–H groups in total. The normalized spacial score (nSPS) is 38.6. The van der Waals surface area contributed by atoms with Gasteiger partial charge < -0.3 is 0 Å². The van der Waals surface area contributed by atoms with Gasteiger partial charge in [0.2, 0.25) is 0 Å². The highest BCUT2D eigenvalue weighted by molar-refractivity contribution is 6.14. The van der Waals surface area contributed by atoms with Gasteiger partial charge in [0.15, 0.2) is 0 Å². The predicted octanol–water partition coefficient (Wildman–Crippen LogP) is 5.13. The van der Waals surface area contributed by atoms with E-state index in [1.807, 2.05) is 0 Å². The molecule has 0 heterocycles. The number of rotatable bonds is 1. The zero-order valence-corrected chi connectivity index (χ0v) is 11.8. The lowest BCUT2D eigenvalue weighted by Gasteiger charge is -2.36. The minimum absolute atomic E-state index is 0.103. The van der Waals surface area contributed by atoms with E-state index in [9.17, 15) is 0 Å². The van der Waals surface area contributed by atoms with Gasteiger partial charge in [-0.2, -0.15) is 0 Å². The fourth-order valence-corrected chi connectivity index (χ4v) is 2.94. The van der Waals surface area contributed by atoms with Crippen molar-refractivity contribution in [1.29, 1.82) is 0 Å². The molecule has 0 aromatic heterocycles. The van der Waals surface area contributed by atoms with Gasteiger partial charge in [-0.25, -0.2) is 0 Å². The van der Waals surface area contributed by atoms with Gasteiger partial charge in [-0.1, -0.05) is 71.5 Å². The lowest BCUT2D eigenvalue weighted by Crippen LogP contribution is -2.24. The van der Waals surface area contributed by atoms with Crippen molar-refractivity contribution in [3.63, 3.8) is 0 Å². The highest BCUT2D eigenvalue weighted by Gasteiger charge is 2.28. The molecular formula is C15H29B. The Labute approximate surface area is 104 Å². The van der Waals surface area contributed by atoms with E-state index < -0.39 is 0 Å². The largest absolute Gasteiger partial charge is 0.0742 e. The Morgan fingerprint density at radius 3 is 1.56 bits per heavy atom. The van der Waals surface area contributed by atoms with Crippen LogP contribution in [0.1, 0.15) is 79.1 Å². The molecule has 0 aromatic carbocycles. The van der Waals surface area contributed by atoms with Crippen molar-refractivity contribution >= 4 is 7.85 Å². The summed E-state index contributed by atoms with van der Waals surface area (Å²) < 4.78 is 0. The quantitative estimate of drug-likeness (QED) is 0.537. The van der Waals surface area contributed by atoms with Crippen LogP contribution in [0.2, 0.25) is 5.31 Å². The van der Waals surface area contributed by atoms with Crippen LogP contribution in [0, 0.1) is 11.3 Å². The van der Waals surface area contributed by atoms with Crippen LogP contribution in [0.3, 0.4) is 0 Å². The van der Waals surface area contributed by atoms with Crippen LogP contribution in [-0.2, 0) is 0 Å². The minimum atomic E-state index is 0.103. The zero-order valence-electron chi connectivity index (χ0n) is 11.8. The Balaban J connectivity index is 2.54. The molecule has 1 aliphatic carbocycles. The Morgan fingerprint density at radius 1 is 0.812 bits per heavy atom. The number of hydrogen-bond donors (Lipinski definition) is 0. The monoisotopic (exact) mass is 220 g/mol. The molecule has 0 amide bonds. The van der Waals surface area contributed by atoms with Crippen molar-refractivity contribution in [3.05, 3.63) is 0 Å². The van der Waals surface area contributed by atoms with Crippen LogP contribution >= 0.6 is 0 Å². The summed E-state index contributed by atoms with van der Waals surface area (Å²) in [5.74, 6) is 0.816. The van der Waals surface area contributed by atoms with Gasteiger partial charge in [0, 0.05) is 0 Å². The van der Waals surface area contributed by atoms with E-state index in [0.717, 1.165) is 5.92 Å². The highest BCUT2D eigenvalue weighted by atomic mass is 14.3. The zero-order chi connectivity index (χ0) is 12.2. The Bertz CT molecular complexity index is 191. The molecule has 0 saturated heterocycles. The van der Waals surface area contributed by atoms with Gasteiger partial charge in [-0.05, 0) is 24.2 Å². The molecule has 0 nitrogen and oxygen atoms in total. The molecule has 1 fully saturated rings. The molecule has 1 aliphatic rings. The van der Waals surface area contributed by atoms with Crippen molar-refractivity contribution in [2.45, 2.75) is 84.4 Å². The van der Waals surface area contributed by atoms with Crippen LogP contribution in [-0.4, -0.2) is 7.85 Å². The van der Waals surface area contributed by atoms with Gasteiger partial charge >= 0.3 is 0 Å². The highest BCUT2D eigenvalue weighted by Crippen LogP contribution is 2.42. The van der Waals surface area contributed by atoms with E-state index in [0.29, 0.717) is 5.41 Å². The first-order valence-electron chi connectivity index (χ1n) is 7.15. The average Bonchev–Trinajstić information content (AvgIpc) is 2.19. The van der Waals surface area contributed by atoms with Gasteiger partial charge in [-0.3, -0.25) is 0 Å². The van der Waals surface area contributed by atoms with Gasteiger partial charge in [0.05, 0.1) is 7.85 Å². The van der Waals surface area contributed by atoms with Crippen molar-refractivity contribution < 1.29 is 0 Å². The van der Waals surface area contributed by atoms with E-state index in [1.165, 1.54) is 51.4 Å². The van der Waals surface area contributed by atoms with Crippen LogP contribution in [0.5, 0.6) is 0 Å². The molecule has 0 spiro atoms. The molecule has 1 heteroatoms. The topological polar surface area (TPSA) is 0 Å². The first-order valence-corrected chi connectivity index (χ1v) is 7.15. The fourth-order valence-electron chi connectivity index (χ4n) is 2.94. The third-order valence-electron chi connectivity index (χ3n) is 4.89. The third-order valence-corrected chi connectivity index (χ3v) is 4.89. The van der Waals surface area contributed by atoms with E-state index in [2.05, 4.69) is 27.7 Å². The summed E-state index contributed by atoms with van der Waals surface area (Å²) in [4.78, 5) is 0. The van der Waals surface area contributed by atoms with Crippen LogP contribution in [0.15, 0.2) is 0 Å². The molecule has 16 heavy (non-hydrogen) atoms. The summed E-state index contributed by atoms with van der Waals surface area (Å²) in [5, 5.41) is 0.103. The molecule has 1 rings (SSSR count). The second-order valence-electron chi connectivity index (χ2n) is 6.88. The summed E-state index contributed by atoms with van der Waals surface area (Å²) in [6, 6.07) is 0. The third kappa shape index (κ3) is 4.15. The number of hydrogen-bond acceptors (Lipinski definition) is 0. The molecule has 0 aliphatic heterocycles. The predicted molar refractivity (Wildman–Crippen MR) is 74.0 cm³/mol. The first-order chi connectivity index (χ1) is 7.36. The maximum Gasteiger partial charge on any atom is 0.0742 e. The standard InChI is InChI=1S/C15H29B/c1-13(2)14(3)9-5-7-11-15(4,16)12-8-6-10-14/h13H,5-12H2,1-4H3.